The van der Waals surface area contributed by atoms with E-state index in [9.17, 15) is 9.36 Å². The quantitative estimate of drug-likeness (QED) is 0.0507. The number of methoxy groups -OCH3 is 4. The summed E-state index contributed by atoms with van der Waals surface area (Å²) in [7, 11) is 2.64. The van der Waals surface area contributed by atoms with Crippen LogP contribution in [0, 0.1) is 0 Å². The molecule has 0 amide bonds. The molecule has 0 aliphatic heterocycles. The average Bonchev–Trinajstić information content (AvgIpc) is 3.10. The first-order chi connectivity index (χ1) is 23.3. The third-order valence-corrected chi connectivity index (χ3v) is 9.52. The lowest BCUT2D eigenvalue weighted by atomic mass is 10.1. The molecule has 11 heteroatoms. The lowest BCUT2D eigenvalue weighted by Gasteiger charge is -2.28. The van der Waals surface area contributed by atoms with E-state index in [2.05, 4.69) is 5.32 Å². The molecule has 10 nitrogen and oxygen atoms in total. The highest BCUT2D eigenvalue weighted by Gasteiger charge is 2.37. The van der Waals surface area contributed by atoms with E-state index in [0.717, 1.165) is 22.3 Å². The molecule has 1 unspecified atom stereocenters. The molecule has 0 saturated heterocycles. The van der Waals surface area contributed by atoms with Crippen molar-refractivity contribution >= 4 is 31.4 Å². The molecule has 4 aromatic rings. The summed E-state index contributed by atoms with van der Waals surface area (Å²) < 4.78 is 52.6. The van der Waals surface area contributed by atoms with Crippen molar-refractivity contribution in [2.24, 2.45) is 0 Å². The molecule has 0 aliphatic carbocycles. The van der Waals surface area contributed by atoms with Crippen LogP contribution in [0.4, 0.5) is 5.69 Å². The summed E-state index contributed by atoms with van der Waals surface area (Å²) in [5.41, 5.74) is 3.80. The maximum Gasteiger partial charge on any atom is 0.357 e. The molecule has 4 rings (SSSR count). The molecule has 0 radical (unpaired) electrons. The van der Waals surface area contributed by atoms with Crippen LogP contribution in [-0.2, 0) is 24.8 Å². The standard InChI is InChI=1S/C37H42NO9P/c1-7-45-48(40,46-8-2)37(29-12-10-9-11-13-29)38-30-19-16-27(17-20-30)25-35(39)47-32-22-26(18-21-31(32)41-3)14-15-28-23-33(42-4)36(44-6)34(24-28)43-5/h9-24,37-38H,7-8,25H2,1-6H3/b15-14-. The van der Waals surface area contributed by atoms with Crippen LogP contribution < -0.4 is 29.0 Å². The van der Waals surface area contributed by atoms with Gasteiger partial charge in [0.1, 0.15) is 0 Å². The lowest BCUT2D eigenvalue weighted by molar-refractivity contribution is -0.133. The van der Waals surface area contributed by atoms with Crippen LogP contribution in [0.5, 0.6) is 28.7 Å². The second kappa shape index (κ2) is 17.4. The van der Waals surface area contributed by atoms with Crippen molar-refractivity contribution in [2.75, 3.05) is 47.0 Å². The Labute approximate surface area is 282 Å². The first kappa shape index (κ1) is 36.1. The molecule has 0 spiro atoms. The minimum absolute atomic E-state index is 0.0213. The summed E-state index contributed by atoms with van der Waals surface area (Å²) in [6, 6.07) is 25.6. The van der Waals surface area contributed by atoms with E-state index in [1.54, 1.807) is 47.3 Å². The molecule has 48 heavy (non-hydrogen) atoms. The van der Waals surface area contributed by atoms with Crippen molar-refractivity contribution in [2.45, 2.75) is 26.1 Å². The number of nitrogens with one attached hydrogen (secondary N) is 1. The minimum Gasteiger partial charge on any atom is -0.493 e. The molecule has 0 fully saturated rings. The second-order valence-electron chi connectivity index (χ2n) is 10.4. The van der Waals surface area contributed by atoms with Crippen molar-refractivity contribution in [3.63, 3.8) is 0 Å². The number of carbonyl (C=O) groups excluding carboxylic acids is 1. The van der Waals surface area contributed by atoms with E-state index in [1.807, 2.05) is 84.9 Å². The predicted octanol–water partition coefficient (Wildman–Crippen LogP) is 8.42. The highest BCUT2D eigenvalue weighted by Crippen LogP contribution is 2.60. The number of ether oxygens (including phenoxy) is 5. The van der Waals surface area contributed by atoms with Crippen molar-refractivity contribution < 1.29 is 42.1 Å². The van der Waals surface area contributed by atoms with Gasteiger partial charge in [0.2, 0.25) is 5.75 Å². The molecular weight excluding hydrogens is 633 g/mol. The van der Waals surface area contributed by atoms with E-state index in [1.165, 1.54) is 7.11 Å². The monoisotopic (exact) mass is 675 g/mol. The second-order valence-corrected chi connectivity index (χ2v) is 12.5. The van der Waals surface area contributed by atoms with Crippen molar-refractivity contribution in [1.82, 2.24) is 0 Å². The summed E-state index contributed by atoms with van der Waals surface area (Å²) in [6.07, 6.45) is 3.78. The fourth-order valence-corrected chi connectivity index (χ4v) is 6.93. The first-order valence-electron chi connectivity index (χ1n) is 15.4. The maximum atomic E-state index is 13.8. The van der Waals surface area contributed by atoms with Crippen LogP contribution in [0.15, 0.2) is 84.9 Å². The third kappa shape index (κ3) is 9.19. The Morgan fingerprint density at radius 1 is 0.708 bits per heavy atom. The van der Waals surface area contributed by atoms with Crippen molar-refractivity contribution in [1.29, 1.82) is 0 Å². The number of rotatable bonds is 17. The van der Waals surface area contributed by atoms with E-state index in [4.69, 9.17) is 32.7 Å². The van der Waals surface area contributed by atoms with Crippen LogP contribution in [0.2, 0.25) is 0 Å². The zero-order valence-electron chi connectivity index (χ0n) is 28.1. The van der Waals surface area contributed by atoms with E-state index in [-0.39, 0.29) is 19.6 Å². The van der Waals surface area contributed by atoms with Gasteiger partial charge in [-0.2, -0.15) is 0 Å². The van der Waals surface area contributed by atoms with E-state index in [0.29, 0.717) is 34.4 Å². The van der Waals surface area contributed by atoms with Gasteiger partial charge in [0.25, 0.3) is 0 Å². The smallest absolute Gasteiger partial charge is 0.357 e. The molecule has 0 aromatic heterocycles. The first-order valence-corrected chi connectivity index (χ1v) is 17.0. The molecule has 4 aromatic carbocycles. The number of benzene rings is 4. The molecule has 0 bridgehead atoms. The lowest BCUT2D eigenvalue weighted by Crippen LogP contribution is -2.15. The van der Waals surface area contributed by atoms with Crippen LogP contribution in [-0.4, -0.2) is 47.6 Å². The van der Waals surface area contributed by atoms with Gasteiger partial charge in [0.15, 0.2) is 28.8 Å². The van der Waals surface area contributed by atoms with Crippen LogP contribution in [0.3, 0.4) is 0 Å². The molecular formula is C37H42NO9P. The molecule has 0 heterocycles. The number of anilines is 1. The van der Waals surface area contributed by atoms with Gasteiger partial charge in [-0.25, -0.2) is 0 Å². The van der Waals surface area contributed by atoms with Gasteiger partial charge >= 0.3 is 13.6 Å². The normalized spacial score (nSPS) is 12.0. The minimum atomic E-state index is -3.55. The van der Waals surface area contributed by atoms with Crippen molar-refractivity contribution in [3.05, 3.63) is 107 Å². The fourth-order valence-electron chi connectivity index (χ4n) is 5.00. The number of hydrogen-bond donors (Lipinski definition) is 1. The van der Waals surface area contributed by atoms with Gasteiger partial charge in [0.05, 0.1) is 48.1 Å². The van der Waals surface area contributed by atoms with Gasteiger partial charge in [-0.3, -0.25) is 9.36 Å². The topological polar surface area (TPSA) is 111 Å². The molecule has 1 atom stereocenters. The number of hydrogen-bond acceptors (Lipinski definition) is 10. The third-order valence-electron chi connectivity index (χ3n) is 7.22. The highest BCUT2D eigenvalue weighted by molar-refractivity contribution is 7.54. The summed E-state index contributed by atoms with van der Waals surface area (Å²) in [5.74, 6) is 1.12. The zero-order valence-corrected chi connectivity index (χ0v) is 29.0. The Hall–Kier alpha value is -4.76. The number of carbonyl (C=O) groups is 1. The summed E-state index contributed by atoms with van der Waals surface area (Å²) >= 11 is 0. The number of esters is 1. The van der Waals surface area contributed by atoms with Gasteiger partial charge in [-0.1, -0.05) is 60.7 Å². The highest BCUT2D eigenvalue weighted by atomic mass is 31.2. The van der Waals surface area contributed by atoms with Gasteiger partial charge in [-0.05, 0) is 72.5 Å². The van der Waals surface area contributed by atoms with E-state index >= 15 is 0 Å². The fraction of sp³-hybridized carbons (Fsp3) is 0.270. The summed E-state index contributed by atoms with van der Waals surface area (Å²) in [5, 5.41) is 3.32. The van der Waals surface area contributed by atoms with Gasteiger partial charge in [0, 0.05) is 5.69 Å². The Morgan fingerprint density at radius 2 is 1.29 bits per heavy atom. The largest absolute Gasteiger partial charge is 0.493 e. The van der Waals surface area contributed by atoms with Gasteiger partial charge in [-0.15, -0.1) is 0 Å². The van der Waals surface area contributed by atoms with E-state index < -0.39 is 19.3 Å². The molecule has 0 aliphatic rings. The van der Waals surface area contributed by atoms with Crippen LogP contribution in [0.25, 0.3) is 12.2 Å². The molecule has 254 valence electrons. The molecule has 1 N–H and O–H groups in total. The molecule has 0 saturated carbocycles. The SMILES string of the molecule is CCOP(=O)(OCC)C(Nc1ccc(CC(=O)Oc2cc(/C=C\c3cc(OC)c(OC)c(OC)c3)ccc2OC)cc1)c1ccccc1. The van der Waals surface area contributed by atoms with Crippen molar-refractivity contribution in [3.8, 4) is 28.7 Å². The van der Waals surface area contributed by atoms with Gasteiger partial charge < -0.3 is 38.0 Å². The van der Waals surface area contributed by atoms with Crippen LogP contribution in [0.1, 0.15) is 41.9 Å². The Bertz CT molecular complexity index is 1690. The van der Waals surface area contributed by atoms with Crippen LogP contribution >= 0.6 is 7.60 Å². The Kier molecular flexibility index (Phi) is 13.1. The Balaban J connectivity index is 1.47. The average molecular weight is 676 g/mol. The maximum absolute atomic E-state index is 13.8. The summed E-state index contributed by atoms with van der Waals surface area (Å²) in [6.45, 7) is 4.03. The Morgan fingerprint density at radius 3 is 1.85 bits per heavy atom. The predicted molar refractivity (Wildman–Crippen MR) is 187 cm³/mol. The summed E-state index contributed by atoms with van der Waals surface area (Å²) in [4.78, 5) is 13.0. The zero-order chi connectivity index (χ0) is 34.5.